The van der Waals surface area contributed by atoms with Crippen LogP contribution in [0.1, 0.15) is 30.3 Å². The summed E-state index contributed by atoms with van der Waals surface area (Å²) in [4.78, 5) is 4.68. The Balaban J connectivity index is 1.48. The quantitative estimate of drug-likeness (QED) is 0.332. The predicted molar refractivity (Wildman–Crippen MR) is 117 cm³/mol. The van der Waals surface area contributed by atoms with Gasteiger partial charge in [-0.05, 0) is 56.0 Å². The molecular weight excluding hydrogens is 364 g/mol. The van der Waals surface area contributed by atoms with Crippen LogP contribution < -0.4 is 15.4 Å². The number of hydrogen-bond donors (Lipinski definition) is 2. The van der Waals surface area contributed by atoms with Gasteiger partial charge in [0.05, 0.1) is 7.11 Å². The van der Waals surface area contributed by atoms with Crippen molar-refractivity contribution in [3.8, 4) is 5.75 Å². The number of hydrogen-bond acceptors (Lipinski definition) is 4. The average Bonchev–Trinajstić information content (AvgIpc) is 3.15. The summed E-state index contributed by atoms with van der Waals surface area (Å²) in [5, 5.41) is 15.2. The van der Waals surface area contributed by atoms with Gasteiger partial charge < -0.3 is 15.4 Å². The van der Waals surface area contributed by atoms with E-state index in [9.17, 15) is 0 Å². The van der Waals surface area contributed by atoms with Crippen molar-refractivity contribution in [1.82, 2.24) is 25.2 Å². The zero-order valence-corrected chi connectivity index (χ0v) is 17.5. The summed E-state index contributed by atoms with van der Waals surface area (Å²) >= 11 is 0. The van der Waals surface area contributed by atoms with E-state index in [-0.39, 0.29) is 0 Å². The molecule has 0 fully saturated rings. The zero-order valence-electron chi connectivity index (χ0n) is 17.5. The summed E-state index contributed by atoms with van der Waals surface area (Å²) in [7, 11) is 1.71. The van der Waals surface area contributed by atoms with Crippen LogP contribution in [0, 0.1) is 6.92 Å². The molecule has 0 aliphatic heterocycles. The molecule has 7 nitrogen and oxygen atoms in total. The number of aromatic nitrogens is 3. The molecule has 0 aliphatic carbocycles. The number of pyridine rings is 1. The van der Waals surface area contributed by atoms with E-state index in [0.717, 1.165) is 67.6 Å². The van der Waals surface area contributed by atoms with Gasteiger partial charge in [0, 0.05) is 32.3 Å². The molecule has 154 valence electrons. The standard InChI is InChI=1S/C22H30N6O/c1-4-23-22(25-14-12-18-11-10-17(2)19(16-18)29-3)24-13-7-9-21-27-26-20-8-5-6-15-28(20)21/h5-6,8,10-11,15-16H,4,7,9,12-14H2,1-3H3,(H2,23,24,25). The van der Waals surface area contributed by atoms with Crippen molar-refractivity contribution >= 4 is 11.6 Å². The molecular formula is C22H30N6O. The number of methoxy groups -OCH3 is 1. The van der Waals surface area contributed by atoms with E-state index in [0.29, 0.717) is 0 Å². The Hall–Kier alpha value is -3.09. The third kappa shape index (κ3) is 5.70. The van der Waals surface area contributed by atoms with E-state index in [2.05, 4.69) is 57.9 Å². The van der Waals surface area contributed by atoms with Gasteiger partial charge >= 0.3 is 0 Å². The molecule has 0 saturated carbocycles. The molecule has 29 heavy (non-hydrogen) atoms. The van der Waals surface area contributed by atoms with Crippen molar-refractivity contribution in [1.29, 1.82) is 0 Å². The molecule has 3 aromatic rings. The van der Waals surface area contributed by atoms with Crippen molar-refractivity contribution in [2.75, 3.05) is 26.7 Å². The van der Waals surface area contributed by atoms with Gasteiger partial charge in [-0.25, -0.2) is 0 Å². The zero-order chi connectivity index (χ0) is 20.5. The number of nitrogens with zero attached hydrogens (tertiary/aromatic N) is 4. The smallest absolute Gasteiger partial charge is 0.191 e. The molecule has 0 amide bonds. The van der Waals surface area contributed by atoms with Crippen LogP contribution in [0.4, 0.5) is 0 Å². The monoisotopic (exact) mass is 394 g/mol. The fraction of sp³-hybridized carbons (Fsp3) is 0.409. The lowest BCUT2D eigenvalue weighted by atomic mass is 10.1. The fourth-order valence-corrected chi connectivity index (χ4v) is 3.18. The molecule has 0 spiro atoms. The van der Waals surface area contributed by atoms with Crippen LogP contribution in [-0.2, 0) is 12.8 Å². The molecule has 0 radical (unpaired) electrons. The second-order valence-electron chi connectivity index (χ2n) is 6.89. The molecule has 3 rings (SSSR count). The van der Waals surface area contributed by atoms with E-state index >= 15 is 0 Å². The summed E-state index contributed by atoms with van der Waals surface area (Å²) in [5.41, 5.74) is 3.28. The highest BCUT2D eigenvalue weighted by Crippen LogP contribution is 2.19. The number of rotatable bonds is 9. The summed E-state index contributed by atoms with van der Waals surface area (Å²) < 4.78 is 7.44. The van der Waals surface area contributed by atoms with Crippen LogP contribution in [0.5, 0.6) is 5.75 Å². The first-order valence-corrected chi connectivity index (χ1v) is 10.2. The molecule has 2 aromatic heterocycles. The van der Waals surface area contributed by atoms with Gasteiger partial charge in [-0.2, -0.15) is 0 Å². The number of nitrogens with one attached hydrogen (secondary N) is 2. The molecule has 7 heteroatoms. The minimum atomic E-state index is 0.732. The van der Waals surface area contributed by atoms with Crippen LogP contribution in [0.3, 0.4) is 0 Å². The van der Waals surface area contributed by atoms with Crippen molar-refractivity contribution in [2.45, 2.75) is 33.1 Å². The van der Waals surface area contributed by atoms with Gasteiger partial charge in [-0.15, -0.1) is 10.2 Å². The average molecular weight is 395 g/mol. The third-order valence-corrected chi connectivity index (χ3v) is 4.74. The number of benzene rings is 1. The SMILES string of the molecule is CCNC(=NCCCc1nnc2ccccn12)NCCc1ccc(C)c(OC)c1. The summed E-state index contributed by atoms with van der Waals surface area (Å²) in [6.45, 7) is 6.50. The molecule has 0 unspecified atom stereocenters. The van der Waals surface area contributed by atoms with Gasteiger partial charge in [0.15, 0.2) is 11.6 Å². The predicted octanol–water partition coefficient (Wildman–Crippen LogP) is 2.78. The van der Waals surface area contributed by atoms with Crippen molar-refractivity contribution in [3.05, 3.63) is 59.5 Å². The van der Waals surface area contributed by atoms with Crippen molar-refractivity contribution in [2.24, 2.45) is 4.99 Å². The number of aryl methyl sites for hydroxylation is 2. The molecule has 1 aromatic carbocycles. The van der Waals surface area contributed by atoms with Crippen molar-refractivity contribution < 1.29 is 4.74 Å². The molecule has 0 aliphatic rings. The second-order valence-corrected chi connectivity index (χ2v) is 6.89. The fourth-order valence-electron chi connectivity index (χ4n) is 3.18. The van der Waals surface area contributed by atoms with Gasteiger partial charge in [0.1, 0.15) is 11.6 Å². The highest BCUT2D eigenvalue weighted by Gasteiger charge is 2.05. The number of ether oxygens (including phenoxy) is 1. The lowest BCUT2D eigenvalue weighted by molar-refractivity contribution is 0.411. The lowest BCUT2D eigenvalue weighted by Gasteiger charge is -2.12. The molecule has 2 heterocycles. The van der Waals surface area contributed by atoms with Crippen LogP contribution in [0.25, 0.3) is 5.65 Å². The van der Waals surface area contributed by atoms with E-state index < -0.39 is 0 Å². The maximum atomic E-state index is 5.41. The minimum Gasteiger partial charge on any atom is -0.496 e. The first-order valence-electron chi connectivity index (χ1n) is 10.2. The van der Waals surface area contributed by atoms with Gasteiger partial charge in [-0.1, -0.05) is 18.2 Å². The van der Waals surface area contributed by atoms with E-state index in [1.165, 1.54) is 5.56 Å². The van der Waals surface area contributed by atoms with Gasteiger partial charge in [0.2, 0.25) is 0 Å². The Morgan fingerprint density at radius 2 is 2.03 bits per heavy atom. The Morgan fingerprint density at radius 3 is 2.86 bits per heavy atom. The molecule has 0 saturated heterocycles. The van der Waals surface area contributed by atoms with Crippen LogP contribution >= 0.6 is 0 Å². The normalized spacial score (nSPS) is 11.6. The van der Waals surface area contributed by atoms with E-state index in [4.69, 9.17) is 4.74 Å². The second kappa shape index (κ2) is 10.5. The first kappa shape index (κ1) is 20.6. The number of aliphatic imine (C=N–C) groups is 1. The minimum absolute atomic E-state index is 0.732. The molecule has 0 bridgehead atoms. The highest BCUT2D eigenvalue weighted by molar-refractivity contribution is 5.79. The van der Waals surface area contributed by atoms with Gasteiger partial charge in [0.25, 0.3) is 0 Å². The first-order chi connectivity index (χ1) is 14.2. The third-order valence-electron chi connectivity index (χ3n) is 4.74. The maximum absolute atomic E-state index is 5.41. The Bertz CT molecular complexity index is 949. The lowest BCUT2D eigenvalue weighted by Crippen LogP contribution is -2.38. The summed E-state index contributed by atoms with van der Waals surface area (Å²) in [5.74, 6) is 2.75. The van der Waals surface area contributed by atoms with Crippen LogP contribution in [-0.4, -0.2) is 47.3 Å². The highest BCUT2D eigenvalue weighted by atomic mass is 16.5. The topological polar surface area (TPSA) is 75.8 Å². The molecule has 2 N–H and O–H groups in total. The number of fused-ring (bicyclic) bond motifs is 1. The van der Waals surface area contributed by atoms with Crippen LogP contribution in [0.15, 0.2) is 47.6 Å². The van der Waals surface area contributed by atoms with E-state index in [1.807, 2.05) is 28.8 Å². The van der Waals surface area contributed by atoms with Crippen LogP contribution in [0.2, 0.25) is 0 Å². The van der Waals surface area contributed by atoms with E-state index in [1.54, 1.807) is 7.11 Å². The largest absolute Gasteiger partial charge is 0.496 e. The maximum Gasteiger partial charge on any atom is 0.191 e. The Labute approximate surface area is 172 Å². The Morgan fingerprint density at radius 1 is 1.14 bits per heavy atom. The summed E-state index contributed by atoms with van der Waals surface area (Å²) in [6, 6.07) is 12.3. The van der Waals surface area contributed by atoms with Crippen molar-refractivity contribution in [3.63, 3.8) is 0 Å². The number of guanidine groups is 1. The van der Waals surface area contributed by atoms with Gasteiger partial charge in [-0.3, -0.25) is 9.39 Å². The Kier molecular flexibility index (Phi) is 7.44. The molecule has 0 atom stereocenters. The summed E-state index contributed by atoms with van der Waals surface area (Å²) in [6.07, 6.45) is 4.67.